The predicted octanol–water partition coefficient (Wildman–Crippen LogP) is 4.89. The van der Waals surface area contributed by atoms with Gasteiger partial charge in [0.05, 0.1) is 0 Å². The topological polar surface area (TPSA) is 0 Å². The van der Waals surface area contributed by atoms with E-state index in [1.807, 2.05) is 0 Å². The van der Waals surface area contributed by atoms with Gasteiger partial charge in [0, 0.05) is 6.42 Å². The first-order valence-electron chi connectivity index (χ1n) is 5.61. The van der Waals surface area contributed by atoms with E-state index >= 15 is 0 Å². The molecule has 0 amide bonds. The van der Waals surface area contributed by atoms with E-state index in [9.17, 15) is 0 Å². The molecule has 0 rings (SSSR count). The average molecular weight is 194 g/mol. The van der Waals surface area contributed by atoms with Gasteiger partial charge in [-0.15, -0.1) is 0 Å². The van der Waals surface area contributed by atoms with Crippen molar-refractivity contribution in [2.45, 2.75) is 61.3 Å². The lowest BCUT2D eigenvalue weighted by atomic mass is 9.80. The summed E-state index contributed by atoms with van der Waals surface area (Å²) in [6.45, 7) is 15.6. The molecule has 0 aliphatic carbocycles. The minimum absolute atomic E-state index is 0.173. The van der Waals surface area contributed by atoms with Crippen LogP contribution in [0.25, 0.3) is 0 Å². The molecular weight excluding hydrogens is 168 g/mol. The van der Waals surface area contributed by atoms with Crippen LogP contribution in [0.5, 0.6) is 0 Å². The highest BCUT2D eigenvalue weighted by atomic mass is 14.2. The van der Waals surface area contributed by atoms with Gasteiger partial charge in [-0.3, -0.25) is 0 Å². The van der Waals surface area contributed by atoms with Crippen LogP contribution in [0.15, 0.2) is 11.6 Å². The molecule has 0 saturated carbocycles. The summed E-state index contributed by atoms with van der Waals surface area (Å²) in [7, 11) is 0. The molecule has 0 aromatic rings. The van der Waals surface area contributed by atoms with Crippen LogP contribution in [0.4, 0.5) is 0 Å². The Morgan fingerprint density at radius 2 is 1.57 bits per heavy atom. The van der Waals surface area contributed by atoms with Crippen LogP contribution < -0.4 is 0 Å². The van der Waals surface area contributed by atoms with Crippen molar-refractivity contribution in [2.75, 3.05) is 0 Å². The Morgan fingerprint density at radius 1 is 1.07 bits per heavy atom. The summed E-state index contributed by atoms with van der Waals surface area (Å²) in [6, 6.07) is 0. The van der Waals surface area contributed by atoms with Crippen LogP contribution in [0.1, 0.15) is 61.3 Å². The van der Waals surface area contributed by atoms with Gasteiger partial charge in [0.25, 0.3) is 0 Å². The van der Waals surface area contributed by atoms with Gasteiger partial charge in [-0.05, 0) is 23.7 Å². The summed E-state index contributed by atoms with van der Waals surface area (Å²) in [4.78, 5) is 0. The third-order valence-electron chi connectivity index (χ3n) is 1.71. The minimum Gasteiger partial charge on any atom is -0.0849 e. The van der Waals surface area contributed by atoms with Crippen molar-refractivity contribution < 1.29 is 0 Å². The van der Waals surface area contributed by atoms with Crippen molar-refractivity contribution >= 4 is 0 Å². The van der Waals surface area contributed by atoms with Crippen molar-refractivity contribution in [3.63, 3.8) is 0 Å². The van der Waals surface area contributed by atoms with Gasteiger partial charge < -0.3 is 0 Å². The van der Waals surface area contributed by atoms with E-state index in [0.717, 1.165) is 12.8 Å². The predicted molar refractivity (Wildman–Crippen MR) is 65.1 cm³/mol. The van der Waals surface area contributed by atoms with Gasteiger partial charge in [-0.1, -0.05) is 60.1 Å². The first-order chi connectivity index (χ1) is 6.14. The zero-order valence-electron chi connectivity index (χ0n) is 11.0. The molecule has 0 heteroatoms. The highest BCUT2D eigenvalue weighted by Crippen LogP contribution is 2.31. The van der Waals surface area contributed by atoms with Crippen LogP contribution in [0.3, 0.4) is 0 Å². The molecule has 0 aliphatic heterocycles. The van der Waals surface area contributed by atoms with Crippen molar-refractivity contribution in [2.24, 2.45) is 10.8 Å². The first-order valence-corrected chi connectivity index (χ1v) is 5.61. The normalized spacial score (nSPS) is 14.6. The molecular formula is C14H26. The molecule has 0 heterocycles. The highest BCUT2D eigenvalue weighted by Gasteiger charge is 2.19. The minimum atomic E-state index is 0.173. The average Bonchev–Trinajstić information content (AvgIpc) is 1.78. The molecule has 14 heavy (non-hydrogen) atoms. The quantitative estimate of drug-likeness (QED) is 0.600. The van der Waals surface area contributed by atoms with Crippen LogP contribution >= 0.6 is 0 Å². The van der Waals surface area contributed by atoms with Crippen LogP contribution in [0.2, 0.25) is 0 Å². The number of hydrogen-bond donors (Lipinski definition) is 0. The monoisotopic (exact) mass is 194 g/mol. The van der Waals surface area contributed by atoms with Crippen molar-refractivity contribution in [3.05, 3.63) is 18.1 Å². The fraction of sp³-hybridized carbons (Fsp3) is 0.786. The Hall–Kier alpha value is -0.260. The molecule has 0 bridgehead atoms. The summed E-state index contributed by atoms with van der Waals surface area (Å²) in [5, 5.41) is 0. The summed E-state index contributed by atoms with van der Waals surface area (Å²) >= 11 is 0. The smallest absolute Gasteiger partial charge is 0.0176 e. The van der Waals surface area contributed by atoms with E-state index in [4.69, 9.17) is 0 Å². The van der Waals surface area contributed by atoms with Crippen LogP contribution in [-0.2, 0) is 0 Å². The Labute approximate surface area is 90.8 Å². The molecule has 0 aliphatic rings. The van der Waals surface area contributed by atoms with E-state index in [1.165, 1.54) is 5.57 Å². The SMILES string of the molecule is CCC=C([C]C(C)(C)C)CC(C)(C)C. The standard InChI is InChI=1S/C14H26/c1-8-9-12(10-13(2,3)4)11-14(5,6)7/h9H,8,10H2,1-7H3. The molecule has 0 aromatic heterocycles. The fourth-order valence-electron chi connectivity index (χ4n) is 1.47. The van der Waals surface area contributed by atoms with Gasteiger partial charge >= 0.3 is 0 Å². The van der Waals surface area contributed by atoms with Gasteiger partial charge in [0.1, 0.15) is 0 Å². The third kappa shape index (κ3) is 8.34. The van der Waals surface area contributed by atoms with E-state index in [0.29, 0.717) is 5.41 Å². The molecule has 0 atom stereocenters. The number of hydrogen-bond acceptors (Lipinski definition) is 0. The van der Waals surface area contributed by atoms with E-state index in [2.05, 4.69) is 61.0 Å². The molecule has 2 radical (unpaired) electrons. The Bertz CT molecular complexity index is 165. The van der Waals surface area contributed by atoms with Gasteiger partial charge in [0.15, 0.2) is 0 Å². The maximum Gasteiger partial charge on any atom is 0.0176 e. The zero-order valence-corrected chi connectivity index (χ0v) is 11.0. The van der Waals surface area contributed by atoms with Crippen molar-refractivity contribution in [3.8, 4) is 0 Å². The Morgan fingerprint density at radius 3 is 1.86 bits per heavy atom. The van der Waals surface area contributed by atoms with Crippen LogP contribution in [0, 0.1) is 17.3 Å². The highest BCUT2D eigenvalue weighted by molar-refractivity contribution is 5.18. The maximum absolute atomic E-state index is 3.57. The van der Waals surface area contributed by atoms with Gasteiger partial charge in [0.2, 0.25) is 0 Å². The van der Waals surface area contributed by atoms with Gasteiger partial charge in [-0.25, -0.2) is 0 Å². The summed E-state index contributed by atoms with van der Waals surface area (Å²) in [5.41, 5.74) is 1.92. The van der Waals surface area contributed by atoms with E-state index in [1.54, 1.807) is 0 Å². The van der Waals surface area contributed by atoms with Crippen molar-refractivity contribution in [1.29, 1.82) is 0 Å². The molecule has 0 spiro atoms. The molecule has 0 unspecified atom stereocenters. The molecule has 0 aromatic carbocycles. The number of allylic oxidation sites excluding steroid dienone is 2. The lowest BCUT2D eigenvalue weighted by molar-refractivity contribution is 0.398. The van der Waals surface area contributed by atoms with Crippen LogP contribution in [-0.4, -0.2) is 0 Å². The summed E-state index contributed by atoms with van der Waals surface area (Å²) in [6.07, 6.45) is 8.11. The molecule has 0 nitrogen and oxygen atoms in total. The zero-order chi connectivity index (χ0) is 11.4. The summed E-state index contributed by atoms with van der Waals surface area (Å²) < 4.78 is 0. The molecule has 82 valence electrons. The Kier molecular flexibility index (Phi) is 4.91. The molecule has 0 saturated heterocycles. The molecule has 0 N–H and O–H groups in total. The largest absolute Gasteiger partial charge is 0.0849 e. The number of rotatable bonds is 3. The second-order valence-electron chi connectivity index (χ2n) is 6.25. The molecule has 0 fully saturated rings. The second kappa shape index (κ2) is 5.00. The van der Waals surface area contributed by atoms with Gasteiger partial charge in [-0.2, -0.15) is 0 Å². The summed E-state index contributed by atoms with van der Waals surface area (Å²) in [5.74, 6) is 0. The van der Waals surface area contributed by atoms with E-state index in [-0.39, 0.29) is 5.41 Å². The fourth-order valence-corrected chi connectivity index (χ4v) is 1.47. The first kappa shape index (κ1) is 13.7. The third-order valence-corrected chi connectivity index (χ3v) is 1.71. The lowest BCUT2D eigenvalue weighted by Crippen LogP contribution is -2.13. The second-order valence-corrected chi connectivity index (χ2v) is 6.25. The lowest BCUT2D eigenvalue weighted by Gasteiger charge is -2.25. The van der Waals surface area contributed by atoms with E-state index < -0.39 is 0 Å². The van der Waals surface area contributed by atoms with Crippen molar-refractivity contribution in [1.82, 2.24) is 0 Å². The maximum atomic E-state index is 3.57. The Balaban J connectivity index is 4.41.